The Morgan fingerprint density at radius 3 is 2.61 bits per heavy atom. The minimum Gasteiger partial charge on any atom is -0.351 e. The third kappa shape index (κ3) is 5.08. The molecular weight excluding hydrogens is 458 g/mol. The summed E-state index contributed by atoms with van der Waals surface area (Å²) < 4.78 is 0. The highest BCUT2D eigenvalue weighted by molar-refractivity contribution is 7.13. The molecule has 33 heavy (non-hydrogen) atoms. The molecule has 3 heterocycles. The number of halogens is 1. The molecule has 1 fully saturated rings. The Bertz CT molecular complexity index is 1170. The molecule has 176 valence electrons. The number of thiazole rings is 1. The Labute approximate surface area is 203 Å². The zero-order valence-corrected chi connectivity index (χ0v) is 20.6. The van der Waals surface area contributed by atoms with Gasteiger partial charge in [0.2, 0.25) is 0 Å². The van der Waals surface area contributed by atoms with Crippen LogP contribution in [0.25, 0.3) is 10.9 Å². The summed E-state index contributed by atoms with van der Waals surface area (Å²) in [5.41, 5.74) is 3.72. The van der Waals surface area contributed by atoms with Crippen molar-refractivity contribution >= 4 is 46.5 Å². The van der Waals surface area contributed by atoms with Gasteiger partial charge in [0, 0.05) is 47.4 Å². The quantitative estimate of drug-likeness (QED) is 0.522. The van der Waals surface area contributed by atoms with E-state index in [0.29, 0.717) is 10.7 Å². The Hall–Kier alpha value is -2.42. The predicted octanol–water partition coefficient (Wildman–Crippen LogP) is 3.81. The second-order valence-corrected chi connectivity index (χ2v) is 10.2. The van der Waals surface area contributed by atoms with Gasteiger partial charge in [-0.15, -0.1) is 23.7 Å². The van der Waals surface area contributed by atoms with Gasteiger partial charge in [0.05, 0.1) is 5.69 Å². The highest BCUT2D eigenvalue weighted by atomic mass is 35.5. The minimum atomic E-state index is -0.127. The van der Waals surface area contributed by atoms with Gasteiger partial charge >= 0.3 is 0 Å². The first-order chi connectivity index (χ1) is 15.5. The van der Waals surface area contributed by atoms with Crippen LogP contribution in [0, 0.1) is 6.92 Å². The number of aromatic nitrogens is 2. The number of likely N-dealkylation sites (N-methyl/N-ethyl adjacent to an activating group) is 1. The van der Waals surface area contributed by atoms with Gasteiger partial charge in [-0.3, -0.25) is 9.59 Å². The zero-order chi connectivity index (χ0) is 22.2. The highest BCUT2D eigenvalue weighted by Crippen LogP contribution is 2.26. The second kappa shape index (κ2) is 9.83. The van der Waals surface area contributed by atoms with Crippen molar-refractivity contribution in [1.29, 1.82) is 0 Å². The molecule has 2 aliphatic rings. The topological polar surface area (TPSA) is 90.1 Å². The molecule has 2 atom stereocenters. The molecule has 0 radical (unpaired) electrons. The van der Waals surface area contributed by atoms with Crippen molar-refractivity contribution < 1.29 is 9.59 Å². The number of fused-ring (bicyclic) bond motifs is 2. The molecular formula is C24H30ClN5O2S. The van der Waals surface area contributed by atoms with Gasteiger partial charge in [0.1, 0.15) is 5.69 Å². The lowest BCUT2D eigenvalue weighted by Crippen LogP contribution is -2.53. The van der Waals surface area contributed by atoms with Crippen molar-refractivity contribution in [3.8, 4) is 0 Å². The highest BCUT2D eigenvalue weighted by Gasteiger charge is 2.30. The Morgan fingerprint density at radius 1 is 1.12 bits per heavy atom. The number of carbonyl (C=O) groups is 2. The number of H-pyrrole nitrogens is 1. The third-order valence-electron chi connectivity index (χ3n) is 6.54. The maximum absolute atomic E-state index is 13.0. The minimum absolute atomic E-state index is 0. The Kier molecular flexibility index (Phi) is 7.07. The summed E-state index contributed by atoms with van der Waals surface area (Å²) >= 11 is 1.49. The molecule has 2 aromatic heterocycles. The summed E-state index contributed by atoms with van der Waals surface area (Å²) in [4.78, 5) is 37.2. The van der Waals surface area contributed by atoms with Gasteiger partial charge in [-0.25, -0.2) is 4.98 Å². The molecule has 1 aliphatic carbocycles. The number of hydrogen-bond acceptors (Lipinski definition) is 5. The smallest absolute Gasteiger partial charge is 0.280 e. The van der Waals surface area contributed by atoms with Crippen LogP contribution in [0.15, 0.2) is 24.3 Å². The zero-order valence-electron chi connectivity index (χ0n) is 18.9. The predicted molar refractivity (Wildman–Crippen MR) is 133 cm³/mol. The first-order valence-corrected chi connectivity index (χ1v) is 12.2. The van der Waals surface area contributed by atoms with Gasteiger partial charge in [0.25, 0.3) is 11.8 Å². The first kappa shape index (κ1) is 23.7. The number of hydrogen-bond donors (Lipinski definition) is 3. The maximum atomic E-state index is 13.0. The molecule has 9 heteroatoms. The number of aromatic amines is 1. The van der Waals surface area contributed by atoms with E-state index in [0.717, 1.165) is 67.4 Å². The molecule has 5 rings (SSSR count). The summed E-state index contributed by atoms with van der Waals surface area (Å²) in [5, 5.41) is 7.89. The van der Waals surface area contributed by atoms with Gasteiger partial charge in [-0.05, 0) is 45.0 Å². The molecule has 2 unspecified atom stereocenters. The number of nitrogens with one attached hydrogen (secondary N) is 3. The molecule has 7 nitrogen and oxygen atoms in total. The number of rotatable bonds is 4. The fourth-order valence-electron chi connectivity index (χ4n) is 4.75. The average molecular weight is 488 g/mol. The van der Waals surface area contributed by atoms with Gasteiger partial charge in [0.15, 0.2) is 5.01 Å². The van der Waals surface area contributed by atoms with E-state index in [1.165, 1.54) is 16.2 Å². The van der Waals surface area contributed by atoms with Crippen LogP contribution in [-0.2, 0) is 13.0 Å². The molecule has 1 aliphatic heterocycles. The Balaban J connectivity index is 0.00000259. The molecule has 3 N–H and O–H groups in total. The largest absolute Gasteiger partial charge is 0.351 e. The molecule has 0 spiro atoms. The monoisotopic (exact) mass is 487 g/mol. The van der Waals surface area contributed by atoms with Crippen molar-refractivity contribution in [2.45, 2.75) is 57.7 Å². The van der Waals surface area contributed by atoms with Crippen LogP contribution in [0.1, 0.15) is 62.1 Å². The fraction of sp³-hybridized carbons (Fsp3) is 0.458. The van der Waals surface area contributed by atoms with Crippen molar-refractivity contribution in [2.75, 3.05) is 13.6 Å². The van der Waals surface area contributed by atoms with E-state index >= 15 is 0 Å². The summed E-state index contributed by atoms with van der Waals surface area (Å²) in [5.74, 6) is -0.253. The van der Waals surface area contributed by atoms with Crippen LogP contribution < -0.4 is 10.6 Å². The van der Waals surface area contributed by atoms with E-state index in [4.69, 9.17) is 0 Å². The number of benzene rings is 1. The van der Waals surface area contributed by atoms with Crippen LogP contribution in [-0.4, -0.2) is 52.4 Å². The van der Waals surface area contributed by atoms with Gasteiger partial charge < -0.3 is 20.5 Å². The molecule has 1 aromatic carbocycles. The van der Waals surface area contributed by atoms with Crippen molar-refractivity contribution in [2.24, 2.45) is 0 Å². The number of carbonyl (C=O) groups excluding carboxylic acids is 2. The Morgan fingerprint density at radius 2 is 1.85 bits per heavy atom. The lowest BCUT2D eigenvalue weighted by Gasteiger charge is -2.32. The van der Waals surface area contributed by atoms with Crippen LogP contribution in [0.5, 0.6) is 0 Å². The van der Waals surface area contributed by atoms with Crippen LogP contribution in [0.4, 0.5) is 0 Å². The lowest BCUT2D eigenvalue weighted by molar-refractivity contribution is 0.0860. The van der Waals surface area contributed by atoms with Crippen molar-refractivity contribution in [3.63, 3.8) is 0 Å². The third-order valence-corrected chi connectivity index (χ3v) is 7.62. The van der Waals surface area contributed by atoms with Gasteiger partial charge in [-0.2, -0.15) is 0 Å². The van der Waals surface area contributed by atoms with E-state index in [2.05, 4.69) is 38.6 Å². The number of aryl methyl sites for hydroxylation is 1. The molecule has 0 bridgehead atoms. The molecule has 1 saturated carbocycles. The molecule has 2 amide bonds. The van der Waals surface area contributed by atoms with Crippen LogP contribution in [0.3, 0.4) is 0 Å². The molecule has 0 saturated heterocycles. The molecule has 3 aromatic rings. The summed E-state index contributed by atoms with van der Waals surface area (Å²) in [7, 11) is 2.09. The summed E-state index contributed by atoms with van der Waals surface area (Å²) in [6.07, 6.45) is 4.69. The fourth-order valence-corrected chi connectivity index (χ4v) is 5.84. The lowest BCUT2D eigenvalue weighted by atomic mass is 9.90. The van der Waals surface area contributed by atoms with E-state index in [-0.39, 0.29) is 36.3 Å². The second-order valence-electron chi connectivity index (χ2n) is 9.09. The average Bonchev–Trinajstić information content (AvgIpc) is 3.38. The normalized spacial score (nSPS) is 20.7. The van der Waals surface area contributed by atoms with E-state index in [9.17, 15) is 9.59 Å². The maximum Gasteiger partial charge on any atom is 0.280 e. The van der Waals surface area contributed by atoms with E-state index in [1.54, 1.807) is 0 Å². The van der Waals surface area contributed by atoms with Gasteiger partial charge in [-0.1, -0.05) is 24.5 Å². The first-order valence-electron chi connectivity index (χ1n) is 11.3. The van der Waals surface area contributed by atoms with Crippen LogP contribution >= 0.6 is 23.7 Å². The standard InChI is InChI=1S/C24H29N5O2S.ClH/c1-14-7-8-16-15(11-14)12-20(25-16)22(30)26-17-5-3-4-6-18(17)27-23(31)24-28-19-9-10-29(2)13-21(19)32-24;/h7-8,11-12,17-18,25H,3-6,9-10,13H2,1-2H3,(H,26,30)(H,27,31);1H. The SMILES string of the molecule is Cc1ccc2[nH]c(C(=O)NC3CCCCC3NC(=O)c3nc4c(s3)CN(C)CC4)cc2c1.Cl. The summed E-state index contributed by atoms with van der Waals surface area (Å²) in [6, 6.07) is 7.81. The summed E-state index contributed by atoms with van der Waals surface area (Å²) in [6.45, 7) is 3.87. The van der Waals surface area contributed by atoms with Crippen molar-refractivity contribution in [3.05, 3.63) is 51.1 Å². The van der Waals surface area contributed by atoms with Crippen molar-refractivity contribution in [1.82, 2.24) is 25.5 Å². The van der Waals surface area contributed by atoms with E-state index in [1.807, 2.05) is 25.1 Å². The number of amides is 2. The van der Waals surface area contributed by atoms with E-state index < -0.39 is 0 Å². The number of nitrogens with zero attached hydrogens (tertiary/aromatic N) is 2. The van der Waals surface area contributed by atoms with Crippen LogP contribution in [0.2, 0.25) is 0 Å².